The van der Waals surface area contributed by atoms with Crippen molar-refractivity contribution in [2.75, 3.05) is 27.2 Å². The van der Waals surface area contributed by atoms with E-state index in [2.05, 4.69) is 5.32 Å². The molecule has 1 fully saturated rings. The van der Waals surface area contributed by atoms with Crippen LogP contribution in [0.1, 0.15) is 22.7 Å². The summed E-state index contributed by atoms with van der Waals surface area (Å²) < 4.78 is 10.4. The van der Waals surface area contributed by atoms with E-state index in [9.17, 15) is 4.79 Å². The van der Waals surface area contributed by atoms with Gasteiger partial charge in [0, 0.05) is 26.7 Å². The highest BCUT2D eigenvalue weighted by molar-refractivity contribution is 5.91. The van der Waals surface area contributed by atoms with Gasteiger partial charge in [0.15, 0.2) is 5.76 Å². The Hall–Kier alpha value is -1.04. The molecule has 0 spiro atoms. The standard InChI is InChI=1S/C12H18N2O3.ClH/c1-14(9-5-6-13-7-9)12(15)11-4-3-10(17-11)8-16-2;/h3-4,9,13H,5-8H2,1-2H3;1H. The van der Waals surface area contributed by atoms with E-state index < -0.39 is 0 Å². The summed E-state index contributed by atoms with van der Waals surface area (Å²) in [6, 6.07) is 3.74. The zero-order valence-corrected chi connectivity index (χ0v) is 11.5. The van der Waals surface area contributed by atoms with Crippen LogP contribution in [0.2, 0.25) is 0 Å². The monoisotopic (exact) mass is 274 g/mol. The Morgan fingerprint density at radius 1 is 1.61 bits per heavy atom. The molecule has 1 aromatic rings. The minimum atomic E-state index is -0.0685. The molecule has 102 valence electrons. The molecular formula is C12H19ClN2O3. The Kier molecular flexibility index (Phi) is 5.65. The molecule has 18 heavy (non-hydrogen) atoms. The summed E-state index contributed by atoms with van der Waals surface area (Å²) in [6.07, 6.45) is 0.994. The van der Waals surface area contributed by atoms with Crippen LogP contribution >= 0.6 is 12.4 Å². The molecular weight excluding hydrogens is 256 g/mol. The third kappa shape index (κ3) is 3.25. The van der Waals surface area contributed by atoms with E-state index in [1.54, 1.807) is 24.1 Å². The first-order chi connectivity index (χ1) is 8.22. The van der Waals surface area contributed by atoms with Crippen molar-refractivity contribution in [1.29, 1.82) is 0 Å². The van der Waals surface area contributed by atoms with E-state index in [-0.39, 0.29) is 24.4 Å². The maximum Gasteiger partial charge on any atom is 0.289 e. The fourth-order valence-corrected chi connectivity index (χ4v) is 2.02. The molecule has 6 heteroatoms. The fourth-order valence-electron chi connectivity index (χ4n) is 2.02. The van der Waals surface area contributed by atoms with E-state index >= 15 is 0 Å². The Bertz CT molecular complexity index is 388. The van der Waals surface area contributed by atoms with E-state index in [0.717, 1.165) is 19.5 Å². The maximum absolute atomic E-state index is 12.1. The van der Waals surface area contributed by atoms with E-state index in [0.29, 0.717) is 18.1 Å². The second-order valence-electron chi connectivity index (χ2n) is 4.26. The van der Waals surface area contributed by atoms with Gasteiger partial charge in [-0.2, -0.15) is 0 Å². The van der Waals surface area contributed by atoms with Gasteiger partial charge in [0.2, 0.25) is 0 Å². The summed E-state index contributed by atoms with van der Waals surface area (Å²) in [6.45, 7) is 2.21. The molecule has 1 saturated heterocycles. The van der Waals surface area contributed by atoms with Crippen LogP contribution in [-0.2, 0) is 11.3 Å². The Balaban J connectivity index is 0.00000162. The van der Waals surface area contributed by atoms with Crippen LogP contribution in [-0.4, -0.2) is 44.1 Å². The first-order valence-corrected chi connectivity index (χ1v) is 5.78. The summed E-state index contributed by atoms with van der Waals surface area (Å²) in [4.78, 5) is 13.9. The lowest BCUT2D eigenvalue weighted by molar-refractivity contribution is 0.0704. The van der Waals surface area contributed by atoms with E-state index in [1.807, 2.05) is 7.05 Å². The molecule has 0 aromatic carbocycles. The predicted molar refractivity (Wildman–Crippen MR) is 70.0 cm³/mol. The quantitative estimate of drug-likeness (QED) is 0.899. The molecule has 0 radical (unpaired) electrons. The van der Waals surface area contributed by atoms with Crippen LogP contribution < -0.4 is 5.32 Å². The van der Waals surface area contributed by atoms with Gasteiger partial charge in [0.1, 0.15) is 12.4 Å². The number of likely N-dealkylation sites (N-methyl/N-ethyl adjacent to an activating group) is 1. The minimum absolute atomic E-state index is 0. The zero-order valence-electron chi connectivity index (χ0n) is 10.6. The molecule has 1 amide bonds. The number of carbonyl (C=O) groups excluding carboxylic acids is 1. The predicted octanol–water partition coefficient (Wildman–Crippen LogP) is 1.28. The number of nitrogens with zero attached hydrogens (tertiary/aromatic N) is 1. The number of rotatable bonds is 4. The van der Waals surface area contributed by atoms with Gasteiger partial charge in [-0.1, -0.05) is 0 Å². The Morgan fingerprint density at radius 3 is 3.00 bits per heavy atom. The van der Waals surface area contributed by atoms with Crippen molar-refractivity contribution in [3.8, 4) is 0 Å². The summed E-state index contributed by atoms with van der Waals surface area (Å²) in [5.74, 6) is 0.987. The number of amides is 1. The number of furan rings is 1. The van der Waals surface area contributed by atoms with Gasteiger partial charge in [-0.25, -0.2) is 0 Å². The average Bonchev–Trinajstić information content (AvgIpc) is 2.98. The third-order valence-electron chi connectivity index (χ3n) is 3.06. The van der Waals surface area contributed by atoms with Gasteiger partial charge in [0.05, 0.1) is 0 Å². The normalized spacial score (nSPS) is 18.4. The largest absolute Gasteiger partial charge is 0.453 e. The van der Waals surface area contributed by atoms with Crippen molar-refractivity contribution in [3.05, 3.63) is 23.7 Å². The highest BCUT2D eigenvalue weighted by Crippen LogP contribution is 2.14. The molecule has 2 heterocycles. The van der Waals surface area contributed by atoms with Crippen molar-refractivity contribution in [3.63, 3.8) is 0 Å². The van der Waals surface area contributed by atoms with Crippen molar-refractivity contribution in [2.45, 2.75) is 19.1 Å². The lowest BCUT2D eigenvalue weighted by Gasteiger charge is -2.22. The molecule has 0 saturated carbocycles. The van der Waals surface area contributed by atoms with Crippen molar-refractivity contribution in [1.82, 2.24) is 10.2 Å². The topological polar surface area (TPSA) is 54.7 Å². The van der Waals surface area contributed by atoms with Crippen molar-refractivity contribution < 1.29 is 13.9 Å². The second-order valence-corrected chi connectivity index (χ2v) is 4.26. The third-order valence-corrected chi connectivity index (χ3v) is 3.06. The molecule has 5 nitrogen and oxygen atoms in total. The SMILES string of the molecule is COCc1ccc(C(=O)N(C)C2CCNC2)o1.Cl. The average molecular weight is 275 g/mol. The van der Waals surface area contributed by atoms with Gasteiger partial charge in [-0.3, -0.25) is 4.79 Å². The molecule has 0 bridgehead atoms. The van der Waals surface area contributed by atoms with Crippen LogP contribution in [0.4, 0.5) is 0 Å². The molecule has 1 unspecified atom stereocenters. The van der Waals surface area contributed by atoms with Crippen LogP contribution in [0, 0.1) is 0 Å². The number of hydrogen-bond acceptors (Lipinski definition) is 4. The zero-order chi connectivity index (χ0) is 12.3. The van der Waals surface area contributed by atoms with Gasteiger partial charge in [-0.15, -0.1) is 12.4 Å². The summed E-state index contributed by atoms with van der Waals surface area (Å²) in [5, 5.41) is 3.24. The first kappa shape index (κ1) is 15.0. The molecule has 1 atom stereocenters. The summed E-state index contributed by atoms with van der Waals surface area (Å²) in [7, 11) is 3.42. The Labute approximate surface area is 113 Å². The highest BCUT2D eigenvalue weighted by atomic mass is 35.5. The smallest absolute Gasteiger partial charge is 0.289 e. The van der Waals surface area contributed by atoms with Crippen LogP contribution in [0.15, 0.2) is 16.5 Å². The number of ether oxygens (including phenoxy) is 1. The molecule has 0 aliphatic carbocycles. The second kappa shape index (κ2) is 6.78. The van der Waals surface area contributed by atoms with Gasteiger partial charge < -0.3 is 19.4 Å². The number of carbonyl (C=O) groups is 1. The molecule has 2 rings (SSSR count). The summed E-state index contributed by atoms with van der Waals surface area (Å²) >= 11 is 0. The van der Waals surface area contributed by atoms with Crippen LogP contribution in [0.3, 0.4) is 0 Å². The molecule has 1 aliphatic heterocycles. The lowest BCUT2D eigenvalue weighted by Crippen LogP contribution is -2.38. The summed E-state index contributed by atoms with van der Waals surface area (Å²) in [5.41, 5.74) is 0. The maximum atomic E-state index is 12.1. The van der Waals surface area contributed by atoms with Gasteiger partial charge in [0.25, 0.3) is 5.91 Å². The molecule has 1 aliphatic rings. The Morgan fingerprint density at radius 2 is 2.39 bits per heavy atom. The van der Waals surface area contributed by atoms with Crippen molar-refractivity contribution >= 4 is 18.3 Å². The fraction of sp³-hybridized carbons (Fsp3) is 0.583. The van der Waals surface area contributed by atoms with Crippen LogP contribution in [0.25, 0.3) is 0 Å². The van der Waals surface area contributed by atoms with E-state index in [4.69, 9.17) is 9.15 Å². The number of nitrogens with one attached hydrogen (secondary N) is 1. The van der Waals surface area contributed by atoms with Gasteiger partial charge in [-0.05, 0) is 25.1 Å². The number of hydrogen-bond donors (Lipinski definition) is 1. The molecule has 1 N–H and O–H groups in total. The number of halogens is 1. The first-order valence-electron chi connectivity index (χ1n) is 5.78. The van der Waals surface area contributed by atoms with Gasteiger partial charge >= 0.3 is 0 Å². The van der Waals surface area contributed by atoms with E-state index in [1.165, 1.54) is 0 Å². The highest BCUT2D eigenvalue weighted by Gasteiger charge is 2.25. The van der Waals surface area contributed by atoms with Crippen molar-refractivity contribution in [2.24, 2.45) is 0 Å². The minimum Gasteiger partial charge on any atom is -0.453 e. The van der Waals surface area contributed by atoms with Crippen LogP contribution in [0.5, 0.6) is 0 Å². The molecule has 1 aromatic heterocycles. The number of methoxy groups -OCH3 is 1. The lowest BCUT2D eigenvalue weighted by atomic mass is 10.2.